The Kier molecular flexibility index (Phi) is 11.5. The summed E-state index contributed by atoms with van der Waals surface area (Å²) in [7, 11) is 1.85. The van der Waals surface area contributed by atoms with Crippen LogP contribution in [0.1, 0.15) is 76.5 Å². The average Bonchev–Trinajstić information content (AvgIpc) is 3.66. The Morgan fingerprint density at radius 1 is 0.849 bits per heavy atom. The van der Waals surface area contributed by atoms with Crippen LogP contribution in [0.25, 0.3) is 22.3 Å². The first-order chi connectivity index (χ1) is 25.5. The van der Waals surface area contributed by atoms with E-state index in [1.54, 1.807) is 0 Å². The van der Waals surface area contributed by atoms with Crippen LogP contribution in [0.5, 0.6) is 0 Å². The lowest BCUT2D eigenvalue weighted by Crippen LogP contribution is -2.51. The fourth-order valence-electron chi connectivity index (χ4n) is 7.30. The number of benzene rings is 3. The molecule has 5 aromatic rings. The Morgan fingerprint density at radius 2 is 1.53 bits per heavy atom. The highest BCUT2D eigenvalue weighted by Gasteiger charge is 2.30. The molecule has 1 unspecified atom stereocenters. The number of carbonyl (C=O) groups excluding carboxylic acids is 3. The molecule has 11 nitrogen and oxygen atoms in total. The molecule has 2 N–H and O–H groups in total. The van der Waals surface area contributed by atoms with Gasteiger partial charge in [0.05, 0.1) is 17.4 Å². The van der Waals surface area contributed by atoms with Crippen LogP contribution in [0.3, 0.4) is 0 Å². The third-order valence-corrected chi connectivity index (χ3v) is 10.1. The molecule has 3 aromatic carbocycles. The smallest absolute Gasteiger partial charge is 0.243 e. The summed E-state index contributed by atoms with van der Waals surface area (Å²) in [4.78, 5) is 40.1. The minimum atomic E-state index is -0.411. The van der Waals surface area contributed by atoms with Crippen LogP contribution >= 0.6 is 0 Å². The van der Waals surface area contributed by atoms with Crippen molar-refractivity contribution in [3.63, 3.8) is 0 Å². The Bertz CT molecular complexity index is 2060. The Hall–Kier alpha value is -5.55. The van der Waals surface area contributed by atoms with E-state index >= 15 is 0 Å². The van der Waals surface area contributed by atoms with Crippen molar-refractivity contribution in [3.05, 3.63) is 100 Å². The molecule has 11 heteroatoms. The van der Waals surface area contributed by atoms with Gasteiger partial charge in [0.1, 0.15) is 17.8 Å². The number of aldehydes is 1. The van der Waals surface area contributed by atoms with Gasteiger partial charge in [-0.25, -0.2) is 0 Å². The summed E-state index contributed by atoms with van der Waals surface area (Å²) in [5, 5.41) is 14.3. The quantitative estimate of drug-likeness (QED) is 0.0624. The Labute approximate surface area is 310 Å². The monoisotopic (exact) mass is 716 g/mol. The molecular formula is C42H48N6O5. The number of hydrogen-bond donors (Lipinski definition) is 2. The van der Waals surface area contributed by atoms with Gasteiger partial charge in [0.15, 0.2) is 0 Å². The number of likely N-dealkylation sites (N-methyl/N-ethyl adjacent to an activating group) is 1. The van der Waals surface area contributed by atoms with E-state index < -0.39 is 6.04 Å². The first kappa shape index (κ1) is 37.2. The van der Waals surface area contributed by atoms with Crippen LogP contribution in [0.4, 0.5) is 17.1 Å². The van der Waals surface area contributed by atoms with E-state index in [9.17, 15) is 14.4 Å². The molecule has 0 saturated carbocycles. The number of carbonyl (C=O) groups is 3. The average molecular weight is 717 g/mol. The summed E-state index contributed by atoms with van der Waals surface area (Å²) in [6.07, 6.45) is 4.55. The van der Waals surface area contributed by atoms with Crippen LogP contribution in [-0.2, 0) is 16.1 Å². The third-order valence-electron chi connectivity index (χ3n) is 10.1. The maximum absolute atomic E-state index is 12.4. The molecule has 0 radical (unpaired) electrons. The number of rotatable bonds is 15. The second kappa shape index (κ2) is 16.4. The molecule has 0 bridgehead atoms. The predicted molar refractivity (Wildman–Crippen MR) is 206 cm³/mol. The van der Waals surface area contributed by atoms with Crippen LogP contribution < -0.4 is 15.5 Å². The second-order valence-corrected chi connectivity index (χ2v) is 14.0. The maximum atomic E-state index is 12.4. The normalized spacial score (nSPS) is 14.4. The fourth-order valence-corrected chi connectivity index (χ4v) is 7.30. The van der Waals surface area contributed by atoms with E-state index in [4.69, 9.17) is 9.05 Å². The highest BCUT2D eigenvalue weighted by Crippen LogP contribution is 2.37. The largest absolute Gasteiger partial charge is 0.385 e. The van der Waals surface area contributed by atoms with Gasteiger partial charge in [-0.3, -0.25) is 24.6 Å². The molecule has 0 aliphatic carbocycles. The lowest BCUT2D eigenvalue weighted by atomic mass is 10.00. The first-order valence-electron chi connectivity index (χ1n) is 18.2. The van der Waals surface area contributed by atoms with Crippen molar-refractivity contribution in [3.8, 4) is 22.3 Å². The number of aryl methyl sites for hydroxylation is 5. The van der Waals surface area contributed by atoms with Gasteiger partial charge in [0.2, 0.25) is 11.8 Å². The lowest BCUT2D eigenvalue weighted by molar-refractivity contribution is -0.137. The predicted octanol–water partition coefficient (Wildman–Crippen LogP) is 8.01. The molecule has 53 heavy (non-hydrogen) atoms. The number of unbranched alkanes of at least 4 members (excludes halogenated alkanes) is 2. The molecule has 1 aliphatic heterocycles. The minimum Gasteiger partial charge on any atom is -0.385 e. The summed E-state index contributed by atoms with van der Waals surface area (Å²) in [5.74, 6) is 1.07. The zero-order chi connectivity index (χ0) is 37.6. The van der Waals surface area contributed by atoms with Crippen molar-refractivity contribution in [1.29, 1.82) is 0 Å². The van der Waals surface area contributed by atoms with Crippen LogP contribution in [0, 0.1) is 34.6 Å². The fraction of sp³-hybridized carbons (Fsp3) is 0.357. The number of nitrogens with zero attached hydrogens (tertiary/aromatic N) is 4. The molecule has 1 atom stereocenters. The van der Waals surface area contributed by atoms with Crippen molar-refractivity contribution in [2.75, 3.05) is 30.4 Å². The number of nitrogens with one attached hydrogen (secondary N) is 2. The molecule has 1 saturated heterocycles. The number of anilines is 3. The number of piperidine rings is 1. The molecule has 6 rings (SSSR count). The molecular weight excluding hydrogens is 668 g/mol. The molecule has 2 aromatic heterocycles. The number of imide groups is 1. The van der Waals surface area contributed by atoms with E-state index in [1.165, 1.54) is 5.56 Å². The maximum Gasteiger partial charge on any atom is 0.243 e. The van der Waals surface area contributed by atoms with Crippen LogP contribution in [0.2, 0.25) is 0 Å². The van der Waals surface area contributed by atoms with E-state index in [0.29, 0.717) is 24.9 Å². The molecule has 2 amide bonds. The van der Waals surface area contributed by atoms with Gasteiger partial charge in [-0.05, 0) is 126 Å². The zero-order valence-corrected chi connectivity index (χ0v) is 31.4. The number of hydrogen-bond acceptors (Lipinski definition) is 10. The van der Waals surface area contributed by atoms with E-state index in [0.717, 1.165) is 106 Å². The highest BCUT2D eigenvalue weighted by molar-refractivity contribution is 6.00. The van der Waals surface area contributed by atoms with Crippen molar-refractivity contribution in [2.24, 2.45) is 0 Å². The van der Waals surface area contributed by atoms with Crippen LogP contribution in [0.15, 0.2) is 69.7 Å². The van der Waals surface area contributed by atoms with Crippen LogP contribution in [-0.4, -0.2) is 59.5 Å². The van der Waals surface area contributed by atoms with Crippen molar-refractivity contribution in [2.45, 2.75) is 79.3 Å². The highest BCUT2D eigenvalue weighted by atomic mass is 16.5. The van der Waals surface area contributed by atoms with Gasteiger partial charge in [0.25, 0.3) is 0 Å². The van der Waals surface area contributed by atoms with Gasteiger partial charge >= 0.3 is 0 Å². The zero-order valence-electron chi connectivity index (χ0n) is 31.4. The standard InChI is InChI=1S/C42H48N6O5/c1-26-10-11-32(41-28(3)46-53-30(41)5)23-38(26)48(36-16-13-31(14-17-36)40-27(2)45-52-29(40)4)21-9-7-8-20-43-35-15-12-33(25-49)34(22-35)24-47(6)37-18-19-39(50)44-42(37)51/h10-17,22-23,25,37,43H,7-9,18-21,24H2,1-6H3,(H,44,50,51). The molecule has 276 valence electrons. The van der Waals surface area contributed by atoms with Crippen molar-refractivity contribution >= 4 is 35.2 Å². The van der Waals surface area contributed by atoms with Gasteiger partial charge in [-0.15, -0.1) is 0 Å². The Morgan fingerprint density at radius 3 is 2.17 bits per heavy atom. The molecule has 1 aliphatic rings. The summed E-state index contributed by atoms with van der Waals surface area (Å²) < 4.78 is 10.9. The summed E-state index contributed by atoms with van der Waals surface area (Å²) in [6, 6.07) is 20.5. The second-order valence-electron chi connectivity index (χ2n) is 14.0. The number of aromatic nitrogens is 2. The van der Waals surface area contributed by atoms with E-state index in [1.807, 2.05) is 57.8 Å². The molecule has 3 heterocycles. The van der Waals surface area contributed by atoms with Crippen molar-refractivity contribution < 1.29 is 23.4 Å². The topological polar surface area (TPSA) is 134 Å². The van der Waals surface area contributed by atoms with Crippen molar-refractivity contribution in [1.82, 2.24) is 20.5 Å². The van der Waals surface area contributed by atoms with Gasteiger partial charge in [0, 0.05) is 59.8 Å². The van der Waals surface area contributed by atoms with E-state index in [-0.39, 0.29) is 11.8 Å². The molecule has 0 spiro atoms. The minimum absolute atomic E-state index is 0.243. The third kappa shape index (κ3) is 8.41. The Balaban J connectivity index is 1.13. The SMILES string of the molecule is Cc1ccc(-c2c(C)noc2C)cc1N(CCCCCNc1ccc(C=O)c(CN(C)C2CCC(=O)NC2=O)c1)c1ccc(-c2c(C)noc2C)cc1. The summed E-state index contributed by atoms with van der Waals surface area (Å²) in [5.41, 5.74) is 11.7. The summed E-state index contributed by atoms with van der Waals surface area (Å²) >= 11 is 0. The lowest BCUT2D eigenvalue weighted by Gasteiger charge is -2.30. The van der Waals surface area contributed by atoms with Gasteiger partial charge < -0.3 is 19.3 Å². The van der Waals surface area contributed by atoms with Gasteiger partial charge in [-0.1, -0.05) is 34.6 Å². The summed E-state index contributed by atoms with van der Waals surface area (Å²) in [6.45, 7) is 12.0. The van der Waals surface area contributed by atoms with E-state index in [2.05, 4.69) is 75.2 Å². The first-order valence-corrected chi connectivity index (χ1v) is 18.2. The van der Waals surface area contributed by atoms with Gasteiger partial charge in [-0.2, -0.15) is 0 Å². The molecule has 1 fully saturated rings. The number of amides is 2.